The number of methoxy groups -OCH3 is 1. The number of aromatic nitrogens is 1. The number of nitrogens with zero attached hydrogens (tertiary/aromatic N) is 5. The molecule has 43 heavy (non-hydrogen) atoms. The zero-order chi connectivity index (χ0) is 31.0. The van der Waals surface area contributed by atoms with E-state index in [1.807, 2.05) is 19.9 Å². The number of carbonyl (C=O) groups excluding carboxylic acids is 1. The van der Waals surface area contributed by atoms with E-state index in [-0.39, 0.29) is 21.3 Å². The Morgan fingerprint density at radius 3 is 2.26 bits per heavy atom. The SMILES string of the molecule is CCCCN(CCCC)S(=O)(=O)c1ccc(C(=O)N(/N=C/c2ccc([N+](=O)[O-])cc2)c2nc3ccc(OC)cc3s2)cc1. The highest BCUT2D eigenvalue weighted by molar-refractivity contribution is 7.89. The highest BCUT2D eigenvalue weighted by atomic mass is 32.2. The van der Waals surface area contributed by atoms with Crippen molar-refractivity contribution >= 4 is 54.5 Å². The van der Waals surface area contributed by atoms with Gasteiger partial charge in [0.15, 0.2) is 0 Å². The van der Waals surface area contributed by atoms with Gasteiger partial charge in [0.05, 0.1) is 33.4 Å². The van der Waals surface area contributed by atoms with Crippen molar-refractivity contribution < 1.29 is 22.9 Å². The van der Waals surface area contributed by atoms with Gasteiger partial charge in [0.2, 0.25) is 15.2 Å². The van der Waals surface area contributed by atoms with Crippen LogP contribution in [0, 0.1) is 10.1 Å². The lowest BCUT2D eigenvalue weighted by molar-refractivity contribution is -0.384. The summed E-state index contributed by atoms with van der Waals surface area (Å²) in [4.78, 5) is 29.0. The second-order valence-corrected chi connectivity index (χ2v) is 12.6. The first-order valence-electron chi connectivity index (χ1n) is 13.9. The van der Waals surface area contributed by atoms with E-state index in [9.17, 15) is 23.3 Å². The van der Waals surface area contributed by atoms with Crippen molar-refractivity contribution in [1.29, 1.82) is 0 Å². The number of fused-ring (bicyclic) bond motifs is 1. The Bertz CT molecular complexity index is 1700. The van der Waals surface area contributed by atoms with E-state index in [1.165, 1.54) is 70.4 Å². The summed E-state index contributed by atoms with van der Waals surface area (Å²) in [7, 11) is -2.17. The fourth-order valence-electron chi connectivity index (χ4n) is 4.17. The summed E-state index contributed by atoms with van der Waals surface area (Å²) < 4.78 is 34.4. The Morgan fingerprint density at radius 2 is 1.67 bits per heavy atom. The van der Waals surface area contributed by atoms with Gasteiger partial charge in [-0.25, -0.2) is 13.4 Å². The van der Waals surface area contributed by atoms with E-state index in [4.69, 9.17) is 4.74 Å². The van der Waals surface area contributed by atoms with Crippen LogP contribution in [0.5, 0.6) is 5.75 Å². The molecule has 11 nitrogen and oxygen atoms in total. The first kappa shape index (κ1) is 31.7. The molecular weight excluding hydrogens is 590 g/mol. The van der Waals surface area contributed by atoms with E-state index in [0.29, 0.717) is 29.9 Å². The number of amides is 1. The van der Waals surface area contributed by atoms with Gasteiger partial charge in [-0.3, -0.25) is 14.9 Å². The van der Waals surface area contributed by atoms with Crippen molar-refractivity contribution in [1.82, 2.24) is 9.29 Å². The van der Waals surface area contributed by atoms with Crippen molar-refractivity contribution in [2.75, 3.05) is 25.2 Å². The average molecular weight is 624 g/mol. The Kier molecular flexibility index (Phi) is 10.6. The Balaban J connectivity index is 1.67. The highest BCUT2D eigenvalue weighted by Gasteiger charge is 2.26. The third-order valence-corrected chi connectivity index (χ3v) is 9.55. The molecule has 0 unspecified atom stereocenters. The molecule has 0 fully saturated rings. The molecule has 0 aliphatic rings. The molecule has 0 spiro atoms. The summed E-state index contributed by atoms with van der Waals surface area (Å²) >= 11 is 1.23. The number of rotatable bonds is 14. The fourth-order valence-corrected chi connectivity index (χ4v) is 6.64. The van der Waals surface area contributed by atoms with Crippen LogP contribution in [-0.4, -0.2) is 55.0 Å². The minimum Gasteiger partial charge on any atom is -0.497 e. The minimum absolute atomic E-state index is 0.0665. The van der Waals surface area contributed by atoms with Gasteiger partial charge in [0, 0.05) is 30.8 Å². The number of unbranched alkanes of at least 4 members (excludes halogenated alkanes) is 2. The van der Waals surface area contributed by atoms with E-state index in [0.717, 1.165) is 35.4 Å². The first-order valence-corrected chi connectivity index (χ1v) is 16.1. The number of hydrazone groups is 1. The third-order valence-electron chi connectivity index (χ3n) is 6.65. The number of hydrogen-bond donors (Lipinski definition) is 0. The molecule has 0 saturated carbocycles. The normalized spacial score (nSPS) is 11.8. The molecule has 1 heterocycles. The number of non-ortho nitro benzene ring substituents is 1. The summed E-state index contributed by atoms with van der Waals surface area (Å²) in [6, 6.07) is 16.9. The maximum Gasteiger partial charge on any atom is 0.280 e. The monoisotopic (exact) mass is 623 g/mol. The molecule has 0 saturated heterocycles. The van der Waals surface area contributed by atoms with Crippen LogP contribution in [0.15, 0.2) is 76.7 Å². The Labute approximate surface area is 254 Å². The van der Waals surface area contributed by atoms with Gasteiger partial charge in [-0.2, -0.15) is 14.4 Å². The van der Waals surface area contributed by atoms with Gasteiger partial charge < -0.3 is 4.74 Å². The average Bonchev–Trinajstić information content (AvgIpc) is 3.44. The van der Waals surface area contributed by atoms with Crippen molar-refractivity contribution in [2.24, 2.45) is 5.10 Å². The lowest BCUT2D eigenvalue weighted by atomic mass is 10.2. The van der Waals surface area contributed by atoms with Gasteiger partial charge in [-0.05, 0) is 73.0 Å². The number of nitro benzene ring substituents is 1. The van der Waals surface area contributed by atoms with E-state index in [1.54, 1.807) is 19.2 Å². The topological polar surface area (TPSA) is 135 Å². The third kappa shape index (κ3) is 7.61. The number of anilines is 1. The van der Waals surface area contributed by atoms with Gasteiger partial charge in [-0.1, -0.05) is 38.0 Å². The molecule has 3 aromatic carbocycles. The fraction of sp³-hybridized carbons (Fsp3) is 0.300. The number of thiazole rings is 1. The van der Waals surface area contributed by atoms with Crippen molar-refractivity contribution in [2.45, 2.75) is 44.4 Å². The summed E-state index contributed by atoms with van der Waals surface area (Å²) in [6.45, 7) is 4.91. The number of ether oxygens (including phenoxy) is 1. The second-order valence-electron chi connectivity index (χ2n) is 9.68. The standard InChI is InChI=1S/C30H33N5O6S2/c1-4-6-18-33(19-7-5-2)43(39,40)26-15-10-23(11-16-26)29(36)34(31-21-22-8-12-24(13-9-22)35(37)38)30-32-27-17-14-25(41-3)20-28(27)42-30/h8-17,20-21H,4-7,18-19H2,1-3H3/b31-21+. The van der Waals surface area contributed by atoms with Crippen LogP contribution in [-0.2, 0) is 10.0 Å². The van der Waals surface area contributed by atoms with Gasteiger partial charge in [0.25, 0.3) is 11.6 Å². The van der Waals surface area contributed by atoms with Gasteiger partial charge >= 0.3 is 0 Å². The van der Waals surface area contributed by atoms with Crippen molar-refractivity contribution in [3.05, 3.63) is 88.0 Å². The smallest absolute Gasteiger partial charge is 0.280 e. The van der Waals surface area contributed by atoms with Crippen LogP contribution in [0.2, 0.25) is 0 Å². The number of benzene rings is 3. The lowest BCUT2D eigenvalue weighted by Crippen LogP contribution is -2.33. The minimum atomic E-state index is -3.73. The van der Waals surface area contributed by atoms with Crippen LogP contribution in [0.1, 0.15) is 55.5 Å². The zero-order valence-electron chi connectivity index (χ0n) is 24.2. The predicted octanol–water partition coefficient (Wildman–Crippen LogP) is 6.48. The summed E-state index contributed by atoms with van der Waals surface area (Å²) in [5.41, 5.74) is 1.32. The molecule has 226 valence electrons. The summed E-state index contributed by atoms with van der Waals surface area (Å²) in [5.74, 6) is 0.112. The second kappa shape index (κ2) is 14.3. The van der Waals surface area contributed by atoms with Crippen LogP contribution < -0.4 is 9.75 Å². The van der Waals surface area contributed by atoms with Crippen LogP contribution in [0.25, 0.3) is 10.2 Å². The number of carbonyl (C=O) groups is 1. The van der Waals surface area contributed by atoms with Crippen LogP contribution in [0.4, 0.5) is 10.8 Å². The van der Waals surface area contributed by atoms with E-state index < -0.39 is 20.9 Å². The van der Waals surface area contributed by atoms with E-state index in [2.05, 4.69) is 10.1 Å². The number of nitro groups is 1. The molecule has 0 aliphatic carbocycles. The van der Waals surface area contributed by atoms with Crippen molar-refractivity contribution in [3.8, 4) is 5.75 Å². The molecule has 0 radical (unpaired) electrons. The first-order chi connectivity index (χ1) is 20.7. The van der Waals surface area contributed by atoms with E-state index >= 15 is 0 Å². The largest absolute Gasteiger partial charge is 0.497 e. The van der Waals surface area contributed by atoms with Crippen LogP contribution in [0.3, 0.4) is 0 Å². The quantitative estimate of drug-likeness (QED) is 0.0890. The molecule has 0 aliphatic heterocycles. The molecule has 13 heteroatoms. The molecule has 4 rings (SSSR count). The zero-order valence-corrected chi connectivity index (χ0v) is 25.8. The maximum atomic E-state index is 13.8. The molecule has 1 amide bonds. The molecule has 0 bridgehead atoms. The van der Waals surface area contributed by atoms with Gasteiger partial charge in [0.1, 0.15) is 5.75 Å². The molecule has 1 aromatic heterocycles. The molecule has 4 aromatic rings. The maximum absolute atomic E-state index is 13.8. The summed E-state index contributed by atoms with van der Waals surface area (Å²) in [6.07, 6.45) is 4.68. The van der Waals surface area contributed by atoms with Crippen molar-refractivity contribution in [3.63, 3.8) is 0 Å². The summed E-state index contributed by atoms with van der Waals surface area (Å²) in [5, 5.41) is 16.8. The predicted molar refractivity (Wildman–Crippen MR) is 169 cm³/mol. The molecule has 0 N–H and O–H groups in total. The van der Waals surface area contributed by atoms with Gasteiger partial charge in [-0.15, -0.1) is 0 Å². The van der Waals surface area contributed by atoms with Crippen LogP contribution >= 0.6 is 11.3 Å². The highest BCUT2D eigenvalue weighted by Crippen LogP contribution is 2.32. The number of sulfonamides is 1. The molecular formula is C30H33N5O6S2. The number of hydrogen-bond acceptors (Lipinski definition) is 9. The lowest BCUT2D eigenvalue weighted by Gasteiger charge is -2.22. The Hall–Kier alpha value is -4.20. The Morgan fingerprint density at radius 1 is 1.02 bits per heavy atom. The molecule has 0 atom stereocenters.